The standard InChI is InChI=1S/C14H21N3/c1-10-14(8-12(15)9-16-10)11(2)17-13-6-4-3-5-7-13/h8-9,13,17H,2-7,15H2,1H3. The van der Waals surface area contributed by atoms with E-state index in [2.05, 4.69) is 16.9 Å². The zero-order valence-electron chi connectivity index (χ0n) is 10.5. The SMILES string of the molecule is C=C(NC1CCCCC1)c1cc(N)cnc1C. The molecule has 1 aromatic rings. The quantitative estimate of drug-likeness (QED) is 0.841. The van der Waals surface area contributed by atoms with Crippen LogP contribution < -0.4 is 11.1 Å². The average molecular weight is 231 g/mol. The molecule has 0 atom stereocenters. The number of hydrogen-bond acceptors (Lipinski definition) is 3. The van der Waals surface area contributed by atoms with Crippen LogP contribution in [0.2, 0.25) is 0 Å². The van der Waals surface area contributed by atoms with Crippen molar-refractivity contribution in [3.05, 3.63) is 30.1 Å². The molecule has 3 N–H and O–H groups in total. The smallest absolute Gasteiger partial charge is 0.0507 e. The molecular weight excluding hydrogens is 210 g/mol. The average Bonchev–Trinajstić information content (AvgIpc) is 2.33. The third kappa shape index (κ3) is 2.99. The molecule has 92 valence electrons. The second-order valence-corrected chi connectivity index (χ2v) is 4.86. The number of anilines is 1. The van der Waals surface area contributed by atoms with Gasteiger partial charge in [0.05, 0.1) is 11.9 Å². The third-order valence-electron chi connectivity index (χ3n) is 3.42. The zero-order chi connectivity index (χ0) is 12.3. The van der Waals surface area contributed by atoms with Gasteiger partial charge >= 0.3 is 0 Å². The lowest BCUT2D eigenvalue weighted by Gasteiger charge is -2.25. The van der Waals surface area contributed by atoms with E-state index in [0.29, 0.717) is 11.7 Å². The lowest BCUT2D eigenvalue weighted by molar-refractivity contribution is 0.409. The van der Waals surface area contributed by atoms with Crippen LogP contribution in [0.4, 0.5) is 5.69 Å². The van der Waals surface area contributed by atoms with Crippen molar-refractivity contribution in [3.8, 4) is 0 Å². The summed E-state index contributed by atoms with van der Waals surface area (Å²) in [6.45, 7) is 6.10. The molecule has 0 unspecified atom stereocenters. The third-order valence-corrected chi connectivity index (χ3v) is 3.42. The van der Waals surface area contributed by atoms with Crippen LogP contribution in [0.3, 0.4) is 0 Å². The molecule has 0 saturated heterocycles. The summed E-state index contributed by atoms with van der Waals surface area (Å²) >= 11 is 0. The monoisotopic (exact) mass is 231 g/mol. The van der Waals surface area contributed by atoms with Crippen LogP contribution >= 0.6 is 0 Å². The number of hydrogen-bond donors (Lipinski definition) is 2. The van der Waals surface area contributed by atoms with Crippen LogP contribution in [0, 0.1) is 6.92 Å². The Kier molecular flexibility index (Phi) is 3.67. The molecule has 1 aliphatic carbocycles. The predicted molar refractivity (Wildman–Crippen MR) is 72.4 cm³/mol. The highest BCUT2D eigenvalue weighted by atomic mass is 14.9. The number of aromatic nitrogens is 1. The highest BCUT2D eigenvalue weighted by Gasteiger charge is 2.14. The molecule has 1 saturated carbocycles. The summed E-state index contributed by atoms with van der Waals surface area (Å²) in [5.74, 6) is 0. The van der Waals surface area contributed by atoms with E-state index in [9.17, 15) is 0 Å². The van der Waals surface area contributed by atoms with E-state index in [-0.39, 0.29) is 0 Å². The number of nitrogen functional groups attached to an aromatic ring is 1. The highest BCUT2D eigenvalue weighted by Crippen LogP contribution is 2.22. The van der Waals surface area contributed by atoms with Crippen molar-refractivity contribution in [1.29, 1.82) is 0 Å². The van der Waals surface area contributed by atoms with Gasteiger partial charge in [0, 0.05) is 23.0 Å². The molecule has 0 aromatic carbocycles. The van der Waals surface area contributed by atoms with Crippen molar-refractivity contribution in [2.75, 3.05) is 5.73 Å². The molecule has 0 amide bonds. The van der Waals surface area contributed by atoms with Gasteiger partial charge in [-0.1, -0.05) is 25.8 Å². The number of nitrogens with two attached hydrogens (primary N) is 1. The minimum absolute atomic E-state index is 0.567. The van der Waals surface area contributed by atoms with Crippen molar-refractivity contribution in [1.82, 2.24) is 10.3 Å². The second-order valence-electron chi connectivity index (χ2n) is 4.86. The van der Waals surface area contributed by atoms with Gasteiger partial charge < -0.3 is 11.1 Å². The van der Waals surface area contributed by atoms with Crippen LogP contribution in [0.25, 0.3) is 5.70 Å². The second kappa shape index (κ2) is 5.21. The Labute approximate surface area is 103 Å². The van der Waals surface area contributed by atoms with Gasteiger partial charge in [-0.3, -0.25) is 4.98 Å². The van der Waals surface area contributed by atoms with Crippen LogP contribution in [-0.2, 0) is 0 Å². The van der Waals surface area contributed by atoms with E-state index in [0.717, 1.165) is 17.0 Å². The zero-order valence-corrected chi connectivity index (χ0v) is 10.5. The van der Waals surface area contributed by atoms with Gasteiger partial charge in [0.15, 0.2) is 0 Å². The summed E-state index contributed by atoms with van der Waals surface area (Å²) in [4.78, 5) is 4.27. The lowest BCUT2D eigenvalue weighted by Crippen LogP contribution is -2.29. The Morgan fingerprint density at radius 3 is 2.82 bits per heavy atom. The first-order valence-electron chi connectivity index (χ1n) is 6.35. The van der Waals surface area contributed by atoms with Gasteiger partial charge in [-0.15, -0.1) is 0 Å². The molecule has 0 spiro atoms. The van der Waals surface area contributed by atoms with Gasteiger partial charge in [-0.05, 0) is 25.8 Å². The first-order chi connectivity index (χ1) is 8.16. The van der Waals surface area contributed by atoms with Crippen molar-refractivity contribution >= 4 is 11.4 Å². The first kappa shape index (κ1) is 12.0. The van der Waals surface area contributed by atoms with E-state index in [1.54, 1.807) is 6.20 Å². The summed E-state index contributed by atoms with van der Waals surface area (Å²) in [6.07, 6.45) is 8.18. The predicted octanol–water partition coefficient (Wildman–Crippen LogP) is 2.87. The number of pyridine rings is 1. The molecule has 3 nitrogen and oxygen atoms in total. The minimum Gasteiger partial charge on any atom is -0.397 e. The summed E-state index contributed by atoms with van der Waals surface area (Å²) in [5, 5.41) is 3.51. The molecule has 3 heteroatoms. The van der Waals surface area contributed by atoms with Crippen LogP contribution in [0.1, 0.15) is 43.4 Å². The Hall–Kier alpha value is -1.51. The molecule has 2 rings (SSSR count). The molecule has 1 fully saturated rings. The lowest BCUT2D eigenvalue weighted by atomic mass is 9.95. The fourth-order valence-electron chi connectivity index (χ4n) is 2.43. The number of nitrogens with one attached hydrogen (secondary N) is 1. The first-order valence-corrected chi connectivity index (χ1v) is 6.35. The molecule has 1 heterocycles. The Morgan fingerprint density at radius 1 is 1.41 bits per heavy atom. The number of rotatable bonds is 3. The van der Waals surface area contributed by atoms with Crippen LogP contribution in [-0.4, -0.2) is 11.0 Å². The van der Waals surface area contributed by atoms with Crippen molar-refractivity contribution in [3.63, 3.8) is 0 Å². The Bertz CT molecular complexity index is 406. The number of nitrogens with zero attached hydrogens (tertiary/aromatic N) is 1. The molecule has 0 aliphatic heterocycles. The fraction of sp³-hybridized carbons (Fsp3) is 0.500. The van der Waals surface area contributed by atoms with Gasteiger partial charge in [0.25, 0.3) is 0 Å². The van der Waals surface area contributed by atoms with Crippen LogP contribution in [0.5, 0.6) is 0 Å². The Balaban J connectivity index is 2.05. The van der Waals surface area contributed by atoms with Crippen LogP contribution in [0.15, 0.2) is 18.8 Å². The highest BCUT2D eigenvalue weighted by molar-refractivity contribution is 5.66. The van der Waals surface area contributed by atoms with Crippen molar-refractivity contribution in [2.45, 2.75) is 45.1 Å². The molecule has 0 bridgehead atoms. The van der Waals surface area contributed by atoms with Gasteiger partial charge in [-0.2, -0.15) is 0 Å². The summed E-state index contributed by atoms with van der Waals surface area (Å²) in [5.41, 5.74) is 9.43. The van der Waals surface area contributed by atoms with Gasteiger partial charge in [0.1, 0.15) is 0 Å². The summed E-state index contributed by atoms with van der Waals surface area (Å²) in [6, 6.07) is 2.51. The molecular formula is C14H21N3. The van der Waals surface area contributed by atoms with E-state index < -0.39 is 0 Å². The van der Waals surface area contributed by atoms with Gasteiger partial charge in [0.2, 0.25) is 0 Å². The topological polar surface area (TPSA) is 50.9 Å². The van der Waals surface area contributed by atoms with E-state index >= 15 is 0 Å². The molecule has 1 aromatic heterocycles. The summed E-state index contributed by atoms with van der Waals surface area (Å²) in [7, 11) is 0. The summed E-state index contributed by atoms with van der Waals surface area (Å²) < 4.78 is 0. The van der Waals surface area contributed by atoms with E-state index in [1.807, 2.05) is 13.0 Å². The fourth-order valence-corrected chi connectivity index (χ4v) is 2.43. The normalized spacial score (nSPS) is 16.8. The van der Waals surface area contributed by atoms with Crippen molar-refractivity contribution in [2.24, 2.45) is 0 Å². The van der Waals surface area contributed by atoms with E-state index in [4.69, 9.17) is 5.73 Å². The molecule has 1 aliphatic rings. The van der Waals surface area contributed by atoms with E-state index in [1.165, 1.54) is 32.1 Å². The minimum atomic E-state index is 0.567. The molecule has 17 heavy (non-hydrogen) atoms. The number of aryl methyl sites for hydroxylation is 1. The largest absolute Gasteiger partial charge is 0.397 e. The Morgan fingerprint density at radius 2 is 2.12 bits per heavy atom. The maximum Gasteiger partial charge on any atom is 0.0507 e. The maximum atomic E-state index is 5.77. The maximum absolute atomic E-state index is 5.77. The van der Waals surface area contributed by atoms with Crippen molar-refractivity contribution < 1.29 is 0 Å². The molecule has 0 radical (unpaired) electrons. The van der Waals surface area contributed by atoms with Gasteiger partial charge in [-0.25, -0.2) is 0 Å².